The van der Waals surface area contributed by atoms with Gasteiger partial charge in [0.05, 0.1) is 25.2 Å². The zero-order chi connectivity index (χ0) is 41.2. The number of ether oxygens (including phenoxy) is 4. The molecule has 2 aliphatic heterocycles. The number of hydrogen-bond acceptors (Lipinski definition) is 14. The molecule has 0 saturated carbocycles. The van der Waals surface area contributed by atoms with Gasteiger partial charge in [0.2, 0.25) is 11.8 Å². The molecule has 0 amide bonds. The molecule has 56 heavy (non-hydrogen) atoms. The second kappa shape index (κ2) is 15.5. The molecule has 0 bridgehead atoms. The highest BCUT2D eigenvalue weighted by Crippen LogP contribution is 2.38. The zero-order valence-electron chi connectivity index (χ0n) is 29.5. The highest BCUT2D eigenvalue weighted by Gasteiger charge is 2.39. The number of nitrogens with zero attached hydrogens (tertiary/aromatic N) is 4. The molecule has 0 unspecified atom stereocenters. The Labute approximate surface area is 315 Å². The minimum atomic E-state index is -4.76. The van der Waals surface area contributed by atoms with Crippen LogP contribution in [0.3, 0.4) is 0 Å². The number of sulfone groups is 2. The van der Waals surface area contributed by atoms with Crippen molar-refractivity contribution in [1.82, 2.24) is 9.97 Å². The molecule has 0 spiro atoms. The van der Waals surface area contributed by atoms with Crippen molar-refractivity contribution in [2.24, 2.45) is 10.3 Å². The Kier molecular flexibility index (Phi) is 11.5. The molecule has 0 aliphatic carbocycles. The van der Waals surface area contributed by atoms with E-state index in [1.54, 1.807) is 13.8 Å². The number of aromatic nitrogens is 2. The average Bonchev–Trinajstić information content (AvgIpc) is 3.66. The molecule has 300 valence electrons. The van der Waals surface area contributed by atoms with Crippen LogP contribution in [0.5, 0.6) is 23.0 Å². The van der Waals surface area contributed by atoms with Crippen molar-refractivity contribution < 1.29 is 71.8 Å². The first kappa shape index (κ1) is 41.5. The van der Waals surface area contributed by atoms with Gasteiger partial charge in [-0.3, -0.25) is 0 Å². The number of oxime groups is 2. The van der Waals surface area contributed by atoms with Crippen molar-refractivity contribution in [1.29, 1.82) is 0 Å². The smallest absolute Gasteiger partial charge is 0.438 e. The number of benzene rings is 2. The van der Waals surface area contributed by atoms with Crippen molar-refractivity contribution in [2.45, 2.75) is 60.7 Å². The van der Waals surface area contributed by atoms with Gasteiger partial charge in [0.1, 0.15) is 23.0 Å². The Hall–Kier alpha value is -5.64. The van der Waals surface area contributed by atoms with Crippen LogP contribution in [-0.4, -0.2) is 63.8 Å². The summed E-state index contributed by atoms with van der Waals surface area (Å²) in [4.78, 5) is 18.4. The summed E-state index contributed by atoms with van der Waals surface area (Å²) in [6.45, 7) is 3.41. The van der Waals surface area contributed by atoms with Crippen molar-refractivity contribution >= 4 is 31.5 Å². The molecule has 4 aromatic rings. The molecular formula is C34H30F6N4O10S2. The van der Waals surface area contributed by atoms with Crippen LogP contribution in [0.25, 0.3) is 0 Å². The molecule has 2 atom stereocenters. The molecule has 14 nitrogen and oxygen atoms in total. The van der Waals surface area contributed by atoms with Gasteiger partial charge in [-0.05, 0) is 73.5 Å². The summed E-state index contributed by atoms with van der Waals surface area (Å²) in [5, 5.41) is 7.53. The normalized spacial score (nSPS) is 19.7. The molecule has 4 heterocycles. The second-order valence-electron chi connectivity index (χ2n) is 12.5. The molecule has 0 saturated heterocycles. The van der Waals surface area contributed by atoms with E-state index >= 15 is 0 Å². The molecule has 2 aromatic heterocycles. The van der Waals surface area contributed by atoms with Gasteiger partial charge in [-0.25, -0.2) is 26.8 Å². The molecule has 22 heteroatoms. The van der Waals surface area contributed by atoms with E-state index in [0.717, 1.165) is 12.5 Å². The Balaban J connectivity index is 0.000000214. The van der Waals surface area contributed by atoms with Crippen LogP contribution in [0.4, 0.5) is 26.3 Å². The highest BCUT2D eigenvalue weighted by molar-refractivity contribution is 7.90. The fourth-order valence-electron chi connectivity index (χ4n) is 5.01. The Morgan fingerprint density at radius 2 is 0.875 bits per heavy atom. The predicted molar refractivity (Wildman–Crippen MR) is 183 cm³/mol. The maximum absolute atomic E-state index is 12.2. The summed E-state index contributed by atoms with van der Waals surface area (Å²) in [5.41, 5.74) is -0.719. The number of rotatable bonds is 8. The van der Waals surface area contributed by atoms with Crippen molar-refractivity contribution in [3.8, 4) is 23.0 Å². The number of halogens is 6. The van der Waals surface area contributed by atoms with Gasteiger partial charge >= 0.3 is 12.7 Å². The third kappa shape index (κ3) is 11.2. The molecular weight excluding hydrogens is 803 g/mol. The van der Waals surface area contributed by atoms with E-state index in [9.17, 15) is 43.2 Å². The van der Waals surface area contributed by atoms with Crippen LogP contribution in [-0.2, 0) is 40.6 Å². The largest absolute Gasteiger partial charge is 0.573 e. The van der Waals surface area contributed by atoms with E-state index in [1.165, 1.54) is 85.2 Å². The highest BCUT2D eigenvalue weighted by atomic mass is 32.2. The second-order valence-corrected chi connectivity index (χ2v) is 16.5. The Morgan fingerprint density at radius 1 is 0.554 bits per heavy atom. The van der Waals surface area contributed by atoms with E-state index < -0.39 is 43.6 Å². The lowest BCUT2D eigenvalue weighted by atomic mass is 9.93. The van der Waals surface area contributed by atoms with Gasteiger partial charge in [0, 0.05) is 12.5 Å². The lowest BCUT2D eigenvalue weighted by Crippen LogP contribution is -2.23. The summed E-state index contributed by atoms with van der Waals surface area (Å²) < 4.78 is 138. The first-order valence-corrected chi connectivity index (χ1v) is 19.6. The lowest BCUT2D eigenvalue weighted by molar-refractivity contribution is -0.275. The fourth-order valence-corrected chi connectivity index (χ4v) is 6.13. The number of alkyl halides is 6. The Morgan fingerprint density at radius 3 is 1.14 bits per heavy atom. The SMILES string of the molecule is C[C@@]1(c2ccc(OC(F)(F)F)cc2)CC(Oc2ccc(S(C)(=O)=O)nc2)=NO1.C[C@]1(c2ccc(OC(F)(F)F)cc2)CC(Oc2ccc(S(C)(=O)=O)nc2)=NO1. The minimum absolute atomic E-state index is 0.0875. The van der Waals surface area contributed by atoms with Crippen molar-refractivity contribution in [2.75, 3.05) is 12.5 Å². The predicted octanol–water partition coefficient (Wildman–Crippen LogP) is 6.82. The lowest BCUT2D eigenvalue weighted by Gasteiger charge is -2.21. The van der Waals surface area contributed by atoms with Gasteiger partial charge in [-0.15, -0.1) is 26.3 Å². The Bertz CT molecular complexity index is 2140. The third-order valence-corrected chi connectivity index (χ3v) is 9.72. The minimum Gasteiger partial charge on any atom is -0.438 e. The fraction of sp³-hybridized carbons (Fsp3) is 0.294. The van der Waals surface area contributed by atoms with Crippen molar-refractivity contribution in [3.05, 3.63) is 96.3 Å². The summed E-state index contributed by atoms with van der Waals surface area (Å²) in [6.07, 6.45) is -4.53. The van der Waals surface area contributed by atoms with Crippen molar-refractivity contribution in [3.63, 3.8) is 0 Å². The molecule has 2 aromatic carbocycles. The van der Waals surface area contributed by atoms with Crippen LogP contribution in [0.2, 0.25) is 0 Å². The van der Waals surface area contributed by atoms with E-state index in [2.05, 4.69) is 29.8 Å². The van der Waals surface area contributed by atoms with Gasteiger partial charge in [0.15, 0.2) is 40.9 Å². The molecule has 0 fully saturated rings. The molecule has 6 rings (SSSR count). The summed E-state index contributed by atoms with van der Waals surface area (Å²) in [7, 11) is -6.84. The van der Waals surface area contributed by atoms with Crippen LogP contribution in [0, 0.1) is 0 Å². The quantitative estimate of drug-likeness (QED) is 0.170. The van der Waals surface area contributed by atoms with Crippen LogP contribution < -0.4 is 18.9 Å². The first-order valence-electron chi connectivity index (χ1n) is 15.8. The van der Waals surface area contributed by atoms with Gasteiger partial charge in [-0.1, -0.05) is 34.6 Å². The number of pyridine rings is 2. The summed E-state index contributed by atoms with van der Waals surface area (Å²) in [5.74, 6) is 0.291. The monoisotopic (exact) mass is 832 g/mol. The summed E-state index contributed by atoms with van der Waals surface area (Å²) in [6, 6.07) is 16.0. The van der Waals surface area contributed by atoms with E-state index in [-0.39, 0.29) is 57.7 Å². The molecule has 0 N–H and O–H groups in total. The molecule has 0 radical (unpaired) electrons. The average molecular weight is 833 g/mol. The van der Waals surface area contributed by atoms with E-state index in [4.69, 9.17) is 19.1 Å². The van der Waals surface area contributed by atoms with Crippen LogP contribution >= 0.6 is 0 Å². The zero-order valence-corrected chi connectivity index (χ0v) is 31.1. The van der Waals surface area contributed by atoms with Crippen LogP contribution in [0.15, 0.2) is 106 Å². The standard InChI is InChI=1S/2C17H15F3N2O5S/c2*1-16(11-3-5-12(6-4-11)26-17(18,19)20)9-14(22-27-16)25-13-7-8-15(21-10-13)28(2,23)24/h2*3-8,10H,9H2,1-2H3/t2*16-/m10/s1. The van der Waals surface area contributed by atoms with Gasteiger partial charge < -0.3 is 28.6 Å². The maximum atomic E-state index is 12.2. The van der Waals surface area contributed by atoms with Crippen LogP contribution in [0.1, 0.15) is 37.8 Å². The third-order valence-electron chi connectivity index (χ3n) is 7.72. The maximum Gasteiger partial charge on any atom is 0.573 e. The number of hydrogen-bond donors (Lipinski definition) is 0. The summed E-state index contributed by atoms with van der Waals surface area (Å²) >= 11 is 0. The van der Waals surface area contributed by atoms with E-state index in [1.807, 2.05) is 0 Å². The molecule has 2 aliphatic rings. The van der Waals surface area contributed by atoms with Gasteiger partial charge in [0.25, 0.3) is 0 Å². The first-order chi connectivity index (χ1) is 25.9. The van der Waals surface area contributed by atoms with Gasteiger partial charge in [-0.2, -0.15) is 0 Å². The van der Waals surface area contributed by atoms with E-state index in [0.29, 0.717) is 11.1 Å². The topological polar surface area (TPSA) is 174 Å².